The van der Waals surface area contributed by atoms with Gasteiger partial charge in [-0.25, -0.2) is 4.79 Å². The van der Waals surface area contributed by atoms with Crippen molar-refractivity contribution in [3.05, 3.63) is 33.5 Å². The summed E-state index contributed by atoms with van der Waals surface area (Å²) in [5, 5.41) is 7.34. The molecular weight excluding hydrogens is 356 g/mol. The third-order valence-electron chi connectivity index (χ3n) is 4.46. The molecule has 1 N–H and O–H groups in total. The summed E-state index contributed by atoms with van der Waals surface area (Å²) in [7, 11) is 3.00. The van der Waals surface area contributed by atoms with Crippen molar-refractivity contribution in [3.8, 4) is 0 Å². The number of anilines is 1. The van der Waals surface area contributed by atoms with E-state index in [0.717, 1.165) is 16.0 Å². The average molecular weight is 376 g/mol. The molecule has 1 aliphatic heterocycles. The number of amides is 2. The highest BCUT2D eigenvalue weighted by Crippen LogP contribution is 2.38. The SMILES string of the molecule is COC(=O)c1c(NC(=O)c2c(C)cnn2C)sc2c1CCN(C(C)=O)C2. The molecule has 0 spiro atoms. The van der Waals surface area contributed by atoms with Gasteiger partial charge in [-0.1, -0.05) is 0 Å². The van der Waals surface area contributed by atoms with E-state index in [1.807, 2.05) is 0 Å². The fourth-order valence-electron chi connectivity index (χ4n) is 3.11. The number of methoxy groups -OCH3 is 1. The van der Waals surface area contributed by atoms with Gasteiger partial charge < -0.3 is 15.0 Å². The van der Waals surface area contributed by atoms with Crippen molar-refractivity contribution in [3.63, 3.8) is 0 Å². The molecule has 0 aliphatic carbocycles. The molecular formula is C17H20N4O4S. The van der Waals surface area contributed by atoms with Crippen molar-refractivity contribution in [1.29, 1.82) is 0 Å². The van der Waals surface area contributed by atoms with Gasteiger partial charge in [-0.3, -0.25) is 14.3 Å². The molecule has 8 nitrogen and oxygen atoms in total. The van der Waals surface area contributed by atoms with Crippen LogP contribution in [0, 0.1) is 6.92 Å². The minimum absolute atomic E-state index is 0.0141. The Balaban J connectivity index is 1.98. The zero-order valence-electron chi connectivity index (χ0n) is 15.1. The Kier molecular flexibility index (Phi) is 4.82. The van der Waals surface area contributed by atoms with Gasteiger partial charge in [0.05, 0.1) is 25.4 Å². The van der Waals surface area contributed by atoms with Gasteiger partial charge in [-0.05, 0) is 24.5 Å². The van der Waals surface area contributed by atoms with Crippen LogP contribution in [0.4, 0.5) is 5.00 Å². The van der Waals surface area contributed by atoms with E-state index in [1.54, 1.807) is 25.1 Å². The smallest absolute Gasteiger partial charge is 0.341 e. The molecule has 26 heavy (non-hydrogen) atoms. The Hall–Kier alpha value is -2.68. The number of thiophene rings is 1. The van der Waals surface area contributed by atoms with E-state index in [2.05, 4.69) is 10.4 Å². The van der Waals surface area contributed by atoms with Crippen LogP contribution in [0.2, 0.25) is 0 Å². The molecule has 9 heteroatoms. The van der Waals surface area contributed by atoms with Crippen LogP contribution >= 0.6 is 11.3 Å². The lowest BCUT2D eigenvalue weighted by molar-refractivity contribution is -0.129. The standard InChI is InChI=1S/C17H20N4O4S/c1-9-7-18-20(3)14(9)15(23)19-16-13(17(24)25-4)11-5-6-21(10(2)22)8-12(11)26-16/h7H,5-6,8H2,1-4H3,(H,19,23). The number of hydrogen-bond acceptors (Lipinski definition) is 6. The normalized spacial score (nSPS) is 13.3. The number of hydrogen-bond donors (Lipinski definition) is 1. The largest absolute Gasteiger partial charge is 0.465 e. The fraction of sp³-hybridized carbons (Fsp3) is 0.412. The van der Waals surface area contributed by atoms with Gasteiger partial charge in [0, 0.05) is 25.4 Å². The Bertz CT molecular complexity index is 879. The predicted molar refractivity (Wildman–Crippen MR) is 96.4 cm³/mol. The quantitative estimate of drug-likeness (QED) is 0.824. The van der Waals surface area contributed by atoms with Crippen molar-refractivity contribution >= 4 is 34.1 Å². The van der Waals surface area contributed by atoms with Crippen molar-refractivity contribution < 1.29 is 19.1 Å². The number of aryl methyl sites for hydroxylation is 2. The van der Waals surface area contributed by atoms with Crippen molar-refractivity contribution in [2.75, 3.05) is 19.0 Å². The highest BCUT2D eigenvalue weighted by atomic mass is 32.1. The number of ether oxygens (including phenoxy) is 1. The number of nitrogens with zero attached hydrogens (tertiary/aromatic N) is 3. The molecule has 0 bridgehead atoms. The summed E-state index contributed by atoms with van der Waals surface area (Å²) in [4.78, 5) is 39.3. The number of nitrogens with one attached hydrogen (secondary N) is 1. The van der Waals surface area contributed by atoms with Gasteiger partial charge in [-0.2, -0.15) is 5.10 Å². The number of rotatable bonds is 3. The van der Waals surface area contributed by atoms with Gasteiger partial charge in [-0.15, -0.1) is 11.3 Å². The first kappa shape index (κ1) is 18.1. The summed E-state index contributed by atoms with van der Waals surface area (Å²) in [6.07, 6.45) is 2.16. The van der Waals surface area contributed by atoms with Crippen LogP contribution in [0.3, 0.4) is 0 Å². The second kappa shape index (κ2) is 6.91. The Morgan fingerprint density at radius 1 is 1.35 bits per heavy atom. The molecule has 2 amide bonds. The number of aromatic nitrogens is 2. The van der Waals surface area contributed by atoms with Gasteiger partial charge in [0.1, 0.15) is 10.7 Å². The first-order chi connectivity index (χ1) is 12.3. The summed E-state index contributed by atoms with van der Waals surface area (Å²) in [5.74, 6) is -0.842. The van der Waals surface area contributed by atoms with E-state index in [1.165, 1.54) is 30.1 Å². The Labute approximate surface area is 154 Å². The maximum absolute atomic E-state index is 12.7. The number of esters is 1. The number of carbonyl (C=O) groups is 3. The van der Waals surface area contributed by atoms with Crippen molar-refractivity contribution in [1.82, 2.24) is 14.7 Å². The maximum Gasteiger partial charge on any atom is 0.341 e. The van der Waals surface area contributed by atoms with Gasteiger partial charge in [0.15, 0.2) is 0 Å². The first-order valence-electron chi connectivity index (χ1n) is 8.11. The molecule has 3 rings (SSSR count). The van der Waals surface area contributed by atoms with E-state index >= 15 is 0 Å². The lowest BCUT2D eigenvalue weighted by Gasteiger charge is -2.25. The van der Waals surface area contributed by atoms with Crippen LogP contribution < -0.4 is 5.32 Å². The molecule has 0 aromatic carbocycles. The maximum atomic E-state index is 12.7. The van der Waals surface area contributed by atoms with Crippen molar-refractivity contribution in [2.45, 2.75) is 26.8 Å². The first-order valence-corrected chi connectivity index (χ1v) is 8.93. The summed E-state index contributed by atoms with van der Waals surface area (Å²) in [6, 6.07) is 0. The summed E-state index contributed by atoms with van der Waals surface area (Å²) < 4.78 is 6.41. The van der Waals surface area contributed by atoms with E-state index in [4.69, 9.17) is 4.74 Å². The number of fused-ring (bicyclic) bond motifs is 1. The highest BCUT2D eigenvalue weighted by Gasteiger charge is 2.30. The molecule has 0 fully saturated rings. The van der Waals surface area contributed by atoms with Crippen molar-refractivity contribution in [2.24, 2.45) is 7.05 Å². The van der Waals surface area contributed by atoms with E-state index in [-0.39, 0.29) is 11.8 Å². The second-order valence-corrected chi connectivity index (χ2v) is 7.25. The zero-order valence-corrected chi connectivity index (χ0v) is 15.9. The molecule has 3 heterocycles. The molecule has 0 saturated carbocycles. The fourth-order valence-corrected chi connectivity index (χ4v) is 4.36. The van der Waals surface area contributed by atoms with Gasteiger partial charge in [0.2, 0.25) is 5.91 Å². The Morgan fingerprint density at radius 2 is 2.08 bits per heavy atom. The van der Waals surface area contributed by atoms with Crippen LogP contribution in [-0.4, -0.2) is 46.1 Å². The lowest BCUT2D eigenvalue weighted by Crippen LogP contribution is -2.33. The average Bonchev–Trinajstić information content (AvgIpc) is 3.12. The molecule has 0 atom stereocenters. The van der Waals surface area contributed by atoms with Gasteiger partial charge in [0.25, 0.3) is 5.91 Å². The minimum atomic E-state index is -0.490. The zero-order chi connectivity index (χ0) is 19.0. The third-order valence-corrected chi connectivity index (χ3v) is 5.59. The monoisotopic (exact) mass is 376 g/mol. The van der Waals surface area contributed by atoms with Crippen LogP contribution in [0.15, 0.2) is 6.20 Å². The highest BCUT2D eigenvalue weighted by molar-refractivity contribution is 7.17. The topological polar surface area (TPSA) is 93.5 Å². The second-order valence-electron chi connectivity index (χ2n) is 6.14. The molecule has 0 radical (unpaired) electrons. The summed E-state index contributed by atoms with van der Waals surface area (Å²) >= 11 is 1.31. The van der Waals surface area contributed by atoms with Gasteiger partial charge >= 0.3 is 5.97 Å². The molecule has 2 aromatic heterocycles. The summed E-state index contributed by atoms with van der Waals surface area (Å²) in [5.41, 5.74) is 2.39. The van der Waals surface area contributed by atoms with Crippen LogP contribution in [-0.2, 0) is 29.5 Å². The summed E-state index contributed by atoms with van der Waals surface area (Å²) in [6.45, 7) is 4.29. The molecule has 0 saturated heterocycles. The van der Waals surface area contributed by atoms with Crippen LogP contribution in [0.5, 0.6) is 0 Å². The van der Waals surface area contributed by atoms with E-state index in [0.29, 0.717) is 35.8 Å². The lowest BCUT2D eigenvalue weighted by atomic mass is 10.0. The van der Waals surface area contributed by atoms with E-state index < -0.39 is 5.97 Å². The molecule has 0 unspecified atom stereocenters. The predicted octanol–water partition coefficient (Wildman–Crippen LogP) is 1.73. The molecule has 1 aliphatic rings. The molecule has 138 valence electrons. The minimum Gasteiger partial charge on any atom is -0.465 e. The Morgan fingerprint density at radius 3 is 2.65 bits per heavy atom. The van der Waals surface area contributed by atoms with Crippen LogP contribution in [0.25, 0.3) is 0 Å². The number of carbonyl (C=O) groups excluding carboxylic acids is 3. The van der Waals surface area contributed by atoms with Crippen LogP contribution in [0.1, 0.15) is 43.8 Å². The van der Waals surface area contributed by atoms with E-state index in [9.17, 15) is 14.4 Å². The third kappa shape index (κ3) is 3.10. The molecule has 2 aromatic rings.